The van der Waals surface area contributed by atoms with Crippen molar-refractivity contribution in [1.29, 1.82) is 5.26 Å². The molecule has 4 heteroatoms. The van der Waals surface area contributed by atoms with Gasteiger partial charge in [-0.05, 0) is 12.3 Å². The fraction of sp³-hybridized carbons (Fsp3) is 0.571. The molecule has 0 aromatic carbocycles. The molecule has 1 heterocycles. The van der Waals surface area contributed by atoms with Gasteiger partial charge in [-0.3, -0.25) is 4.79 Å². The molecule has 2 atom stereocenters. The Kier molecular flexibility index (Phi) is 3.42. The molecule has 2 unspecified atom stereocenters. The standard InChI is InChI=1S/C14H18N2O2/c1-3-8(2)12-9(7-15)14(16)18-11-6-4-5-10(17)13(11)12/h8,12H,3-6,16H2,1-2H3. The summed E-state index contributed by atoms with van der Waals surface area (Å²) in [5.41, 5.74) is 6.93. The van der Waals surface area contributed by atoms with Crippen LogP contribution in [0, 0.1) is 23.2 Å². The van der Waals surface area contributed by atoms with Crippen molar-refractivity contribution < 1.29 is 9.53 Å². The molecule has 1 aliphatic carbocycles. The van der Waals surface area contributed by atoms with Crippen molar-refractivity contribution in [3.63, 3.8) is 0 Å². The number of nitrogens with zero attached hydrogens (tertiary/aromatic N) is 1. The van der Waals surface area contributed by atoms with Crippen LogP contribution in [0.1, 0.15) is 39.5 Å². The van der Waals surface area contributed by atoms with Crippen LogP contribution in [0.3, 0.4) is 0 Å². The third-order valence-electron chi connectivity index (χ3n) is 3.86. The maximum absolute atomic E-state index is 12.1. The molecule has 2 N–H and O–H groups in total. The molecule has 0 spiro atoms. The maximum atomic E-state index is 12.1. The third-order valence-corrected chi connectivity index (χ3v) is 3.86. The Hall–Kier alpha value is -1.76. The summed E-state index contributed by atoms with van der Waals surface area (Å²) in [6.07, 6.45) is 2.99. The van der Waals surface area contributed by atoms with Gasteiger partial charge in [-0.25, -0.2) is 0 Å². The average Bonchev–Trinajstić information content (AvgIpc) is 2.36. The molecule has 0 aromatic rings. The minimum atomic E-state index is -0.184. The fourth-order valence-electron chi connectivity index (χ4n) is 2.70. The normalized spacial score (nSPS) is 25.4. The molecular formula is C14H18N2O2. The molecule has 2 aliphatic rings. The van der Waals surface area contributed by atoms with E-state index in [-0.39, 0.29) is 23.5 Å². The maximum Gasteiger partial charge on any atom is 0.204 e. The monoisotopic (exact) mass is 246 g/mol. The number of rotatable bonds is 2. The molecule has 0 fully saturated rings. The van der Waals surface area contributed by atoms with Gasteiger partial charge in [0.05, 0.1) is 5.57 Å². The second-order valence-corrected chi connectivity index (χ2v) is 4.97. The highest BCUT2D eigenvalue weighted by atomic mass is 16.5. The minimum Gasteiger partial charge on any atom is -0.444 e. The van der Waals surface area contributed by atoms with Crippen LogP contribution < -0.4 is 5.73 Å². The Morgan fingerprint density at radius 1 is 1.56 bits per heavy atom. The van der Waals surface area contributed by atoms with Gasteiger partial charge >= 0.3 is 0 Å². The SMILES string of the molecule is CCC(C)C1C(C#N)=C(N)OC2=C1C(=O)CCC2. The van der Waals surface area contributed by atoms with Crippen LogP contribution in [0.4, 0.5) is 0 Å². The van der Waals surface area contributed by atoms with Crippen LogP contribution >= 0.6 is 0 Å². The predicted molar refractivity (Wildman–Crippen MR) is 66.7 cm³/mol. The summed E-state index contributed by atoms with van der Waals surface area (Å²) >= 11 is 0. The summed E-state index contributed by atoms with van der Waals surface area (Å²) in [5, 5.41) is 9.25. The van der Waals surface area contributed by atoms with Gasteiger partial charge in [0.1, 0.15) is 11.8 Å². The van der Waals surface area contributed by atoms with Gasteiger partial charge in [0.2, 0.25) is 5.88 Å². The number of hydrogen-bond donors (Lipinski definition) is 1. The van der Waals surface area contributed by atoms with E-state index in [1.807, 2.05) is 6.92 Å². The number of carbonyl (C=O) groups is 1. The molecule has 18 heavy (non-hydrogen) atoms. The Labute approximate surface area is 107 Å². The summed E-state index contributed by atoms with van der Waals surface area (Å²) in [6, 6.07) is 2.12. The van der Waals surface area contributed by atoms with Crippen molar-refractivity contribution in [3.8, 4) is 6.07 Å². The zero-order valence-corrected chi connectivity index (χ0v) is 10.8. The number of nitrogens with two attached hydrogens (primary N) is 1. The quantitative estimate of drug-likeness (QED) is 0.811. The van der Waals surface area contributed by atoms with Crippen molar-refractivity contribution in [2.45, 2.75) is 39.5 Å². The molecule has 0 aromatic heterocycles. The van der Waals surface area contributed by atoms with Crippen LogP contribution in [-0.2, 0) is 9.53 Å². The van der Waals surface area contributed by atoms with E-state index in [1.54, 1.807) is 0 Å². The Morgan fingerprint density at radius 2 is 2.28 bits per heavy atom. The first kappa shape index (κ1) is 12.7. The van der Waals surface area contributed by atoms with Crippen molar-refractivity contribution in [3.05, 3.63) is 22.8 Å². The Bertz CT molecular complexity index is 483. The van der Waals surface area contributed by atoms with Gasteiger partial charge in [0.15, 0.2) is 5.78 Å². The van der Waals surface area contributed by atoms with E-state index in [1.165, 1.54) is 0 Å². The minimum absolute atomic E-state index is 0.113. The number of hydrogen-bond acceptors (Lipinski definition) is 4. The number of ether oxygens (including phenoxy) is 1. The van der Waals surface area contributed by atoms with E-state index < -0.39 is 0 Å². The lowest BCUT2D eigenvalue weighted by molar-refractivity contribution is -0.117. The van der Waals surface area contributed by atoms with Gasteiger partial charge in [-0.2, -0.15) is 5.26 Å². The lowest BCUT2D eigenvalue weighted by atomic mass is 9.74. The average molecular weight is 246 g/mol. The molecule has 0 amide bonds. The number of carbonyl (C=O) groups excluding carboxylic acids is 1. The number of allylic oxidation sites excluding steroid dienone is 3. The molecule has 0 radical (unpaired) electrons. The Morgan fingerprint density at radius 3 is 2.89 bits per heavy atom. The molecule has 4 nitrogen and oxygen atoms in total. The predicted octanol–water partition coefficient (Wildman–Crippen LogP) is 2.38. The summed E-state index contributed by atoms with van der Waals surface area (Å²) in [5.74, 6) is 1.01. The van der Waals surface area contributed by atoms with E-state index in [9.17, 15) is 10.1 Å². The summed E-state index contributed by atoms with van der Waals surface area (Å²) in [6.45, 7) is 4.10. The molecular weight excluding hydrogens is 228 g/mol. The van der Waals surface area contributed by atoms with E-state index >= 15 is 0 Å². The van der Waals surface area contributed by atoms with Gasteiger partial charge in [-0.1, -0.05) is 20.3 Å². The van der Waals surface area contributed by atoms with Crippen LogP contribution in [0.25, 0.3) is 0 Å². The molecule has 96 valence electrons. The summed E-state index contributed by atoms with van der Waals surface area (Å²) in [4.78, 5) is 12.1. The van der Waals surface area contributed by atoms with Gasteiger partial charge in [0, 0.05) is 24.3 Å². The van der Waals surface area contributed by atoms with E-state index in [0.29, 0.717) is 23.3 Å². The molecule has 0 saturated carbocycles. The van der Waals surface area contributed by atoms with Crippen molar-refractivity contribution in [2.24, 2.45) is 17.6 Å². The van der Waals surface area contributed by atoms with Crippen LogP contribution in [0.2, 0.25) is 0 Å². The highest BCUT2D eigenvalue weighted by molar-refractivity contribution is 5.98. The first-order valence-corrected chi connectivity index (χ1v) is 6.44. The van der Waals surface area contributed by atoms with Crippen LogP contribution in [0.15, 0.2) is 22.8 Å². The van der Waals surface area contributed by atoms with Gasteiger partial charge in [-0.15, -0.1) is 0 Å². The van der Waals surface area contributed by atoms with Crippen LogP contribution in [-0.4, -0.2) is 5.78 Å². The number of Topliss-reactive ketones (excluding diaryl/α,β-unsaturated/α-hetero) is 1. The zero-order chi connectivity index (χ0) is 13.3. The van der Waals surface area contributed by atoms with Gasteiger partial charge in [0.25, 0.3) is 0 Å². The first-order chi connectivity index (χ1) is 8.60. The highest BCUT2D eigenvalue weighted by Gasteiger charge is 2.39. The molecule has 0 saturated heterocycles. The second-order valence-electron chi connectivity index (χ2n) is 4.97. The molecule has 2 rings (SSSR count). The molecule has 1 aliphatic heterocycles. The summed E-state index contributed by atoms with van der Waals surface area (Å²) < 4.78 is 5.48. The second kappa shape index (κ2) is 4.85. The Balaban J connectivity index is 2.51. The van der Waals surface area contributed by atoms with Crippen molar-refractivity contribution >= 4 is 5.78 Å². The lowest BCUT2D eigenvalue weighted by Gasteiger charge is -2.33. The highest BCUT2D eigenvalue weighted by Crippen LogP contribution is 2.41. The first-order valence-electron chi connectivity index (χ1n) is 6.44. The smallest absolute Gasteiger partial charge is 0.204 e. The van der Waals surface area contributed by atoms with Gasteiger partial charge < -0.3 is 10.5 Å². The van der Waals surface area contributed by atoms with E-state index in [4.69, 9.17) is 10.5 Å². The summed E-state index contributed by atoms with van der Waals surface area (Å²) in [7, 11) is 0. The fourth-order valence-corrected chi connectivity index (χ4v) is 2.70. The zero-order valence-electron chi connectivity index (χ0n) is 10.8. The van der Waals surface area contributed by atoms with Crippen molar-refractivity contribution in [2.75, 3.05) is 0 Å². The van der Waals surface area contributed by atoms with E-state index in [2.05, 4.69) is 13.0 Å². The lowest BCUT2D eigenvalue weighted by Crippen LogP contribution is -2.31. The van der Waals surface area contributed by atoms with Crippen LogP contribution in [0.5, 0.6) is 0 Å². The number of nitriles is 1. The largest absolute Gasteiger partial charge is 0.444 e. The topological polar surface area (TPSA) is 76.1 Å². The number of ketones is 1. The van der Waals surface area contributed by atoms with Crippen molar-refractivity contribution in [1.82, 2.24) is 0 Å². The third kappa shape index (κ3) is 1.90. The molecule has 0 bridgehead atoms. The van der Waals surface area contributed by atoms with E-state index in [0.717, 1.165) is 19.3 Å².